The molecule has 0 heterocycles. The van der Waals surface area contributed by atoms with Crippen molar-refractivity contribution in [3.8, 4) is 11.5 Å². The van der Waals surface area contributed by atoms with Gasteiger partial charge in [0.2, 0.25) is 11.8 Å². The first-order valence-corrected chi connectivity index (χ1v) is 13.0. The third kappa shape index (κ3) is 8.41. The zero-order valence-corrected chi connectivity index (χ0v) is 22.6. The molecule has 0 bridgehead atoms. The topological polar surface area (TPSA) is 67.9 Å². The number of hydrogen-bond acceptors (Lipinski definition) is 4. The lowest BCUT2D eigenvalue weighted by Gasteiger charge is -2.32. The molecule has 1 atom stereocenters. The van der Waals surface area contributed by atoms with Crippen LogP contribution in [0.25, 0.3) is 0 Å². The van der Waals surface area contributed by atoms with Gasteiger partial charge in [-0.25, -0.2) is 0 Å². The average molecular weight is 543 g/mol. The minimum atomic E-state index is -0.732. The number of amides is 2. The van der Waals surface area contributed by atoms with E-state index in [9.17, 15) is 9.59 Å². The van der Waals surface area contributed by atoms with Crippen LogP contribution in [0.1, 0.15) is 30.9 Å². The van der Waals surface area contributed by atoms with Crippen molar-refractivity contribution < 1.29 is 19.1 Å². The number of halogens is 2. The molecule has 1 N–H and O–H groups in total. The SMILES string of the molecule is CCNC(=O)C(Cc1ccccc1)N(Cc1c(Cl)cccc1Cl)C(=O)CCCOc1ccc(OC)cc1. The molecular formula is C29H32Cl2N2O4. The molecule has 3 aromatic rings. The minimum absolute atomic E-state index is 0.116. The highest BCUT2D eigenvalue weighted by Gasteiger charge is 2.30. The Bertz CT molecular complexity index is 1140. The summed E-state index contributed by atoms with van der Waals surface area (Å²) < 4.78 is 10.9. The number of nitrogens with one attached hydrogen (secondary N) is 1. The van der Waals surface area contributed by atoms with Crippen LogP contribution in [0, 0.1) is 0 Å². The molecule has 0 saturated heterocycles. The molecule has 0 radical (unpaired) electrons. The van der Waals surface area contributed by atoms with Crippen LogP contribution < -0.4 is 14.8 Å². The van der Waals surface area contributed by atoms with Crippen molar-refractivity contribution in [2.75, 3.05) is 20.3 Å². The Morgan fingerprint density at radius 3 is 2.19 bits per heavy atom. The van der Waals surface area contributed by atoms with Crippen molar-refractivity contribution in [1.82, 2.24) is 10.2 Å². The zero-order chi connectivity index (χ0) is 26.6. The summed E-state index contributed by atoms with van der Waals surface area (Å²) in [5.74, 6) is 1.03. The molecule has 0 spiro atoms. The van der Waals surface area contributed by atoms with Crippen molar-refractivity contribution in [3.05, 3.63) is 94.0 Å². The predicted molar refractivity (Wildman–Crippen MR) is 147 cm³/mol. The number of ether oxygens (including phenoxy) is 2. The van der Waals surface area contributed by atoms with Gasteiger partial charge < -0.3 is 19.7 Å². The molecule has 0 saturated carbocycles. The van der Waals surface area contributed by atoms with Crippen molar-refractivity contribution in [2.24, 2.45) is 0 Å². The molecule has 8 heteroatoms. The van der Waals surface area contributed by atoms with Crippen LogP contribution in [0.5, 0.6) is 11.5 Å². The summed E-state index contributed by atoms with van der Waals surface area (Å²) in [5, 5.41) is 3.77. The first-order chi connectivity index (χ1) is 17.9. The van der Waals surface area contributed by atoms with Crippen LogP contribution >= 0.6 is 23.2 Å². The summed E-state index contributed by atoms with van der Waals surface area (Å²) in [5.41, 5.74) is 1.56. The van der Waals surface area contributed by atoms with E-state index in [1.54, 1.807) is 30.2 Å². The van der Waals surface area contributed by atoms with Crippen molar-refractivity contribution >= 4 is 35.0 Å². The van der Waals surface area contributed by atoms with Gasteiger partial charge in [-0.2, -0.15) is 0 Å². The Labute approximate surface area is 228 Å². The number of methoxy groups -OCH3 is 1. The number of likely N-dealkylation sites (N-methyl/N-ethyl adjacent to an activating group) is 1. The molecule has 0 aromatic heterocycles. The highest BCUT2D eigenvalue weighted by atomic mass is 35.5. The molecule has 0 fully saturated rings. The van der Waals surface area contributed by atoms with E-state index in [1.165, 1.54) is 0 Å². The van der Waals surface area contributed by atoms with Crippen LogP contribution in [-0.4, -0.2) is 43.0 Å². The lowest BCUT2D eigenvalue weighted by atomic mass is 10.0. The van der Waals surface area contributed by atoms with Crippen LogP contribution in [0.15, 0.2) is 72.8 Å². The summed E-state index contributed by atoms with van der Waals surface area (Å²) in [4.78, 5) is 28.4. The van der Waals surface area contributed by atoms with Crippen molar-refractivity contribution in [3.63, 3.8) is 0 Å². The number of carbonyl (C=O) groups is 2. The normalized spacial score (nSPS) is 11.5. The second kappa shape index (κ2) is 14.5. The van der Waals surface area contributed by atoms with E-state index in [0.29, 0.717) is 47.4 Å². The maximum absolute atomic E-state index is 13.6. The Kier molecular flexibility index (Phi) is 11.1. The van der Waals surface area contributed by atoms with Crippen LogP contribution in [-0.2, 0) is 22.6 Å². The quantitative estimate of drug-likeness (QED) is 0.271. The van der Waals surface area contributed by atoms with Crippen LogP contribution in [0.2, 0.25) is 10.0 Å². The van der Waals surface area contributed by atoms with Gasteiger partial charge in [0, 0.05) is 41.5 Å². The lowest BCUT2D eigenvalue weighted by Crippen LogP contribution is -2.50. The Morgan fingerprint density at radius 2 is 1.57 bits per heavy atom. The Hall–Kier alpha value is -3.22. The number of rotatable bonds is 13. The summed E-state index contributed by atoms with van der Waals surface area (Å²) in [6.45, 7) is 2.77. The maximum Gasteiger partial charge on any atom is 0.243 e. The van der Waals surface area contributed by atoms with E-state index in [4.69, 9.17) is 32.7 Å². The lowest BCUT2D eigenvalue weighted by molar-refractivity contribution is -0.141. The summed E-state index contributed by atoms with van der Waals surface area (Å²) in [7, 11) is 1.61. The number of benzene rings is 3. The van der Waals surface area contributed by atoms with Gasteiger partial charge in [-0.1, -0.05) is 59.6 Å². The largest absolute Gasteiger partial charge is 0.497 e. The van der Waals surface area contributed by atoms with E-state index in [1.807, 2.05) is 61.5 Å². The third-order valence-electron chi connectivity index (χ3n) is 5.88. The standard InChI is InChI=1S/C29H32Cl2N2O4/c1-3-32-29(35)27(19-21-9-5-4-6-10-21)33(20-24-25(30)11-7-12-26(24)31)28(34)13-8-18-37-23-16-14-22(36-2)15-17-23/h4-7,9-12,14-17,27H,3,8,13,18-20H2,1-2H3,(H,32,35). The first-order valence-electron chi connectivity index (χ1n) is 12.2. The number of hydrogen-bond donors (Lipinski definition) is 1. The second-order valence-electron chi connectivity index (χ2n) is 8.45. The maximum atomic E-state index is 13.6. The predicted octanol–water partition coefficient (Wildman–Crippen LogP) is 5.94. The van der Waals surface area contributed by atoms with E-state index in [2.05, 4.69) is 5.32 Å². The molecule has 2 amide bonds. The highest BCUT2D eigenvalue weighted by molar-refractivity contribution is 6.36. The van der Waals surface area contributed by atoms with Crippen molar-refractivity contribution in [2.45, 2.75) is 38.8 Å². The fraction of sp³-hybridized carbons (Fsp3) is 0.310. The fourth-order valence-corrected chi connectivity index (χ4v) is 4.45. The molecule has 3 aromatic carbocycles. The van der Waals surface area contributed by atoms with E-state index < -0.39 is 6.04 Å². The molecule has 37 heavy (non-hydrogen) atoms. The smallest absolute Gasteiger partial charge is 0.243 e. The third-order valence-corrected chi connectivity index (χ3v) is 6.58. The average Bonchev–Trinajstić information content (AvgIpc) is 2.91. The Balaban J connectivity index is 1.79. The van der Waals surface area contributed by atoms with E-state index in [0.717, 1.165) is 11.3 Å². The zero-order valence-electron chi connectivity index (χ0n) is 21.1. The van der Waals surface area contributed by atoms with Crippen molar-refractivity contribution in [1.29, 1.82) is 0 Å². The number of nitrogens with zero attached hydrogens (tertiary/aromatic N) is 1. The van der Waals surface area contributed by atoms with Gasteiger partial charge in [-0.15, -0.1) is 0 Å². The Morgan fingerprint density at radius 1 is 0.919 bits per heavy atom. The van der Waals surface area contributed by atoms with Crippen LogP contribution in [0.3, 0.4) is 0 Å². The van der Waals surface area contributed by atoms with Gasteiger partial charge in [0.05, 0.1) is 13.7 Å². The molecule has 0 aliphatic heterocycles. The molecule has 1 unspecified atom stereocenters. The van der Waals surface area contributed by atoms with Gasteiger partial charge in [-0.3, -0.25) is 9.59 Å². The van der Waals surface area contributed by atoms with E-state index in [-0.39, 0.29) is 24.8 Å². The summed E-state index contributed by atoms with van der Waals surface area (Å²) in [6.07, 6.45) is 1.04. The van der Waals surface area contributed by atoms with Gasteiger partial charge in [0.25, 0.3) is 0 Å². The summed E-state index contributed by atoms with van der Waals surface area (Å²) in [6, 6.07) is 21.4. The molecule has 196 valence electrons. The van der Waals surface area contributed by atoms with Crippen LogP contribution in [0.4, 0.5) is 0 Å². The molecule has 0 aliphatic rings. The molecule has 3 rings (SSSR count). The first kappa shape index (κ1) is 28.4. The molecular weight excluding hydrogens is 511 g/mol. The highest BCUT2D eigenvalue weighted by Crippen LogP contribution is 2.27. The monoisotopic (exact) mass is 542 g/mol. The van der Waals surface area contributed by atoms with Gasteiger partial charge in [-0.05, 0) is 55.3 Å². The second-order valence-corrected chi connectivity index (χ2v) is 9.26. The minimum Gasteiger partial charge on any atom is -0.497 e. The molecule has 0 aliphatic carbocycles. The number of carbonyl (C=O) groups excluding carboxylic acids is 2. The molecule has 6 nitrogen and oxygen atoms in total. The van der Waals surface area contributed by atoms with Gasteiger partial charge >= 0.3 is 0 Å². The van der Waals surface area contributed by atoms with Gasteiger partial charge in [0.1, 0.15) is 17.5 Å². The summed E-state index contributed by atoms with van der Waals surface area (Å²) >= 11 is 12.9. The fourth-order valence-electron chi connectivity index (χ4n) is 3.93. The van der Waals surface area contributed by atoms with Gasteiger partial charge in [0.15, 0.2) is 0 Å². The van der Waals surface area contributed by atoms with E-state index >= 15 is 0 Å².